The summed E-state index contributed by atoms with van der Waals surface area (Å²) in [6, 6.07) is 63.7. The standard InChI is InChI=1S/C68H71BN2/c1-43-35-61-63-62(36-43)71(58-34-32-51(66(8,9)10)39-53(58)46-19-16-15-17-20-46)60-41-55-54(67(11,12)42-68(55,13)14)40-57(60)69(63)56-33-27-48(45-25-30-50(31-26-45)65(5,6)7)38-59(56)70(61)52-22-18-21-47(37-52)44-23-28-49(29-24-44)64(2,3)4/h15-41H,42H2,1-14H3. The quantitative estimate of drug-likeness (QED) is 0.159. The Hall–Kier alpha value is -6.58. The highest BCUT2D eigenvalue weighted by Crippen LogP contribution is 2.54. The Morgan fingerprint density at radius 1 is 0.394 bits per heavy atom. The van der Waals surface area contributed by atoms with Crippen LogP contribution in [0.5, 0.6) is 0 Å². The number of nitrogens with zero attached hydrogens (tertiary/aromatic N) is 2. The van der Waals surface area contributed by atoms with Crippen molar-refractivity contribution in [1.29, 1.82) is 0 Å². The van der Waals surface area contributed by atoms with Crippen LogP contribution in [0.2, 0.25) is 0 Å². The molecular formula is C68H71BN2. The van der Waals surface area contributed by atoms with Gasteiger partial charge in [0.1, 0.15) is 0 Å². The van der Waals surface area contributed by atoms with Crippen LogP contribution < -0.4 is 26.2 Å². The molecule has 0 N–H and O–H groups in total. The van der Waals surface area contributed by atoms with Crippen LogP contribution in [0.1, 0.15) is 130 Å². The highest BCUT2D eigenvalue weighted by atomic mass is 15.2. The van der Waals surface area contributed by atoms with Crippen molar-refractivity contribution in [1.82, 2.24) is 0 Å². The average Bonchev–Trinajstić information content (AvgIpc) is 3.51. The third-order valence-electron chi connectivity index (χ3n) is 16.2. The summed E-state index contributed by atoms with van der Waals surface area (Å²) in [6.07, 6.45) is 1.10. The van der Waals surface area contributed by atoms with Crippen LogP contribution in [0.25, 0.3) is 33.4 Å². The van der Waals surface area contributed by atoms with E-state index in [4.69, 9.17) is 0 Å². The second-order valence-electron chi connectivity index (χ2n) is 25.5. The molecule has 8 aromatic rings. The summed E-state index contributed by atoms with van der Waals surface area (Å²) in [7, 11) is 0. The molecule has 0 spiro atoms. The number of rotatable bonds is 5. The van der Waals surface area contributed by atoms with Gasteiger partial charge < -0.3 is 9.80 Å². The van der Waals surface area contributed by atoms with E-state index in [9.17, 15) is 0 Å². The van der Waals surface area contributed by atoms with Gasteiger partial charge in [0.05, 0.1) is 5.69 Å². The van der Waals surface area contributed by atoms with E-state index in [1.54, 1.807) is 0 Å². The lowest BCUT2D eigenvalue weighted by atomic mass is 9.33. The highest BCUT2D eigenvalue weighted by Gasteiger charge is 2.48. The Morgan fingerprint density at radius 2 is 0.901 bits per heavy atom. The molecule has 356 valence electrons. The van der Waals surface area contributed by atoms with Gasteiger partial charge in [-0.25, -0.2) is 0 Å². The Labute approximate surface area is 425 Å². The van der Waals surface area contributed by atoms with E-state index in [-0.39, 0.29) is 33.8 Å². The minimum atomic E-state index is -0.0211. The van der Waals surface area contributed by atoms with E-state index in [0.717, 1.165) is 12.1 Å². The zero-order valence-electron chi connectivity index (χ0n) is 44.8. The first-order chi connectivity index (χ1) is 33.5. The molecule has 3 heteroatoms. The van der Waals surface area contributed by atoms with Crippen LogP contribution in [0.15, 0.2) is 164 Å². The number of fused-ring (bicyclic) bond motifs is 5. The first-order valence-corrected chi connectivity index (χ1v) is 26.1. The minimum absolute atomic E-state index is 0.00220. The lowest BCUT2D eigenvalue weighted by Gasteiger charge is -2.45. The molecule has 0 aromatic heterocycles. The Kier molecular flexibility index (Phi) is 10.7. The van der Waals surface area contributed by atoms with Gasteiger partial charge in [-0.3, -0.25) is 0 Å². The van der Waals surface area contributed by atoms with Crippen molar-refractivity contribution in [3.05, 3.63) is 197 Å². The van der Waals surface area contributed by atoms with Gasteiger partial charge in [-0.15, -0.1) is 0 Å². The van der Waals surface area contributed by atoms with Crippen molar-refractivity contribution in [2.24, 2.45) is 0 Å². The van der Waals surface area contributed by atoms with Gasteiger partial charge in [-0.05, 0) is 167 Å². The van der Waals surface area contributed by atoms with Crippen LogP contribution >= 0.6 is 0 Å². The van der Waals surface area contributed by atoms with Gasteiger partial charge in [0.2, 0.25) is 0 Å². The molecule has 71 heavy (non-hydrogen) atoms. The van der Waals surface area contributed by atoms with Gasteiger partial charge in [0.15, 0.2) is 0 Å². The molecular weight excluding hydrogens is 856 g/mol. The van der Waals surface area contributed by atoms with Crippen molar-refractivity contribution >= 4 is 57.2 Å². The summed E-state index contributed by atoms with van der Waals surface area (Å²) in [4.78, 5) is 5.26. The molecule has 2 nitrogen and oxygen atoms in total. The molecule has 0 bridgehead atoms. The molecule has 3 aliphatic rings. The van der Waals surface area contributed by atoms with E-state index >= 15 is 0 Å². The van der Waals surface area contributed by atoms with Crippen molar-refractivity contribution in [3.63, 3.8) is 0 Å². The second-order valence-corrected chi connectivity index (χ2v) is 25.5. The third-order valence-corrected chi connectivity index (χ3v) is 16.2. The van der Waals surface area contributed by atoms with Crippen molar-refractivity contribution in [3.8, 4) is 33.4 Å². The maximum atomic E-state index is 2.66. The van der Waals surface area contributed by atoms with Gasteiger partial charge in [-0.2, -0.15) is 0 Å². The van der Waals surface area contributed by atoms with Gasteiger partial charge in [0, 0.05) is 34.0 Å². The molecule has 0 saturated carbocycles. The fourth-order valence-corrected chi connectivity index (χ4v) is 12.5. The number of aryl methyl sites for hydroxylation is 1. The Bertz CT molecular complexity index is 3390. The molecule has 2 aliphatic heterocycles. The van der Waals surface area contributed by atoms with Crippen LogP contribution in [0.4, 0.5) is 34.1 Å². The van der Waals surface area contributed by atoms with Crippen LogP contribution in [0.3, 0.4) is 0 Å². The van der Waals surface area contributed by atoms with Crippen LogP contribution in [-0.4, -0.2) is 6.71 Å². The van der Waals surface area contributed by atoms with E-state index in [0.29, 0.717) is 0 Å². The molecule has 2 heterocycles. The minimum Gasteiger partial charge on any atom is -0.311 e. The maximum absolute atomic E-state index is 2.66. The van der Waals surface area contributed by atoms with Crippen molar-refractivity contribution < 1.29 is 0 Å². The zero-order chi connectivity index (χ0) is 50.2. The normalized spacial score (nSPS) is 15.5. The van der Waals surface area contributed by atoms with Crippen molar-refractivity contribution in [2.75, 3.05) is 9.80 Å². The lowest BCUT2D eigenvalue weighted by molar-refractivity contribution is 0.403. The molecule has 0 atom stereocenters. The van der Waals surface area contributed by atoms with E-state index < -0.39 is 0 Å². The number of hydrogen-bond donors (Lipinski definition) is 0. The SMILES string of the molecule is Cc1cc2c3c(c1)N(c1ccc(C(C)(C)C)cc1-c1ccccc1)c1cc4c(cc1B3c1ccc(-c3ccc(C(C)(C)C)cc3)cc1N2c1cccc(-c2ccc(C(C)(C)C)cc2)c1)C(C)(C)CC4(C)C. The fourth-order valence-electron chi connectivity index (χ4n) is 12.5. The number of anilines is 6. The van der Waals surface area contributed by atoms with Crippen molar-refractivity contribution in [2.45, 2.75) is 130 Å². The molecule has 1 aliphatic carbocycles. The number of hydrogen-bond acceptors (Lipinski definition) is 2. The third kappa shape index (κ3) is 7.96. The Balaban J connectivity index is 1.21. The van der Waals surface area contributed by atoms with E-state index in [2.05, 4.69) is 271 Å². The van der Waals surface area contributed by atoms with Crippen LogP contribution in [0, 0.1) is 6.92 Å². The highest BCUT2D eigenvalue weighted by molar-refractivity contribution is 7.00. The predicted molar refractivity (Wildman–Crippen MR) is 308 cm³/mol. The summed E-state index contributed by atoms with van der Waals surface area (Å²) in [5.74, 6) is 0. The summed E-state index contributed by atoms with van der Waals surface area (Å²) < 4.78 is 0. The molecule has 0 radical (unpaired) electrons. The summed E-state index contributed by atoms with van der Waals surface area (Å²) in [6.45, 7) is 32.9. The average molecular weight is 927 g/mol. The van der Waals surface area contributed by atoms with Gasteiger partial charge in [-0.1, -0.05) is 205 Å². The predicted octanol–water partition coefficient (Wildman–Crippen LogP) is 16.9. The first kappa shape index (κ1) is 46.8. The number of benzene rings is 8. The lowest BCUT2D eigenvalue weighted by Crippen LogP contribution is -2.61. The molecule has 0 saturated heterocycles. The largest absolute Gasteiger partial charge is 0.311 e. The molecule has 0 unspecified atom stereocenters. The summed E-state index contributed by atoms with van der Waals surface area (Å²) >= 11 is 0. The maximum Gasteiger partial charge on any atom is 0.252 e. The molecule has 11 rings (SSSR count). The fraction of sp³-hybridized carbons (Fsp3) is 0.294. The van der Waals surface area contributed by atoms with Gasteiger partial charge in [0.25, 0.3) is 6.71 Å². The van der Waals surface area contributed by atoms with E-state index in [1.165, 1.54) is 112 Å². The van der Waals surface area contributed by atoms with Gasteiger partial charge >= 0.3 is 0 Å². The molecule has 8 aromatic carbocycles. The zero-order valence-corrected chi connectivity index (χ0v) is 44.8. The Morgan fingerprint density at radius 3 is 1.49 bits per heavy atom. The molecule has 0 amide bonds. The van der Waals surface area contributed by atoms with E-state index in [1.807, 2.05) is 0 Å². The first-order valence-electron chi connectivity index (χ1n) is 26.1. The molecule has 0 fully saturated rings. The van der Waals surface area contributed by atoms with Crippen LogP contribution in [-0.2, 0) is 27.1 Å². The summed E-state index contributed by atoms with van der Waals surface area (Å²) in [5.41, 5.74) is 27.2. The smallest absolute Gasteiger partial charge is 0.252 e. The monoisotopic (exact) mass is 927 g/mol. The second kappa shape index (κ2) is 16.2. The summed E-state index contributed by atoms with van der Waals surface area (Å²) in [5, 5.41) is 0. The topological polar surface area (TPSA) is 6.48 Å².